The summed E-state index contributed by atoms with van der Waals surface area (Å²) in [4.78, 5) is 65.6. The van der Waals surface area contributed by atoms with E-state index in [1.165, 1.54) is 11.3 Å². The SMILES string of the molecule is COc1ccc(CNC(=O)C(c2ccc(Cl)cc2)N(C(=O)CCc2ccc(OCCCCN(C)CCOCCOCCc3cn(CCOCCOc4ccc(NC(=O)Nc5nc(CC(=O)N6CCN(C)CC6)cs5)cc4)nn3)cc2)C2CC2)cc1. The molecule has 1 atom stereocenters. The van der Waals surface area contributed by atoms with Crippen molar-refractivity contribution < 1.29 is 47.6 Å². The van der Waals surface area contributed by atoms with E-state index in [2.05, 4.69) is 48.1 Å². The van der Waals surface area contributed by atoms with Crippen molar-refractivity contribution in [2.75, 3.05) is 124 Å². The van der Waals surface area contributed by atoms with Gasteiger partial charge in [0.25, 0.3) is 0 Å². The summed E-state index contributed by atoms with van der Waals surface area (Å²) in [6.07, 6.45) is 7.20. The number of aryl methyl sites for hydroxylation is 1. The number of nitrogens with one attached hydrogen (secondary N) is 3. The third kappa shape index (κ3) is 22.0. The number of aromatic nitrogens is 4. The summed E-state index contributed by atoms with van der Waals surface area (Å²) in [6, 6.07) is 28.5. The summed E-state index contributed by atoms with van der Waals surface area (Å²) in [5.74, 6) is 1.94. The number of thiazole rings is 1. The normalized spacial score (nSPS) is 13.8. The molecule has 5 amide bonds. The first-order valence-corrected chi connectivity index (χ1v) is 30.4. The van der Waals surface area contributed by atoms with Gasteiger partial charge in [0.15, 0.2) is 5.13 Å². The number of hydrogen-bond acceptors (Lipinski definition) is 16. The van der Waals surface area contributed by atoms with E-state index in [0.29, 0.717) is 119 Å². The van der Waals surface area contributed by atoms with Gasteiger partial charge in [-0.1, -0.05) is 53.2 Å². The Morgan fingerprint density at radius 3 is 2.12 bits per heavy atom. The Morgan fingerprint density at radius 1 is 0.718 bits per heavy atom. The number of methoxy groups -OCH3 is 1. The average Bonchev–Trinajstić information content (AvgIpc) is 4.10. The molecule has 1 aliphatic carbocycles. The first-order valence-electron chi connectivity index (χ1n) is 29.2. The second-order valence-corrected chi connectivity index (χ2v) is 22.4. The molecule has 23 heteroatoms. The fourth-order valence-electron chi connectivity index (χ4n) is 9.36. The maximum atomic E-state index is 14.0. The van der Waals surface area contributed by atoms with Crippen LogP contribution in [0.2, 0.25) is 5.02 Å². The average molecular weight is 1210 g/mol. The zero-order chi connectivity index (χ0) is 59.6. The number of hydrogen-bond donors (Lipinski definition) is 3. The molecule has 3 heterocycles. The van der Waals surface area contributed by atoms with Crippen molar-refractivity contribution >= 4 is 57.5 Å². The van der Waals surface area contributed by atoms with Crippen LogP contribution in [0.3, 0.4) is 0 Å². The van der Waals surface area contributed by atoms with E-state index in [1.54, 1.807) is 58.5 Å². The van der Waals surface area contributed by atoms with Crippen LogP contribution < -0.4 is 30.2 Å². The third-order valence-electron chi connectivity index (χ3n) is 14.4. The number of halogens is 1. The van der Waals surface area contributed by atoms with Gasteiger partial charge in [-0.15, -0.1) is 16.4 Å². The molecular formula is C62H80ClN11O10S. The molecule has 85 heavy (non-hydrogen) atoms. The number of rotatable bonds is 36. The summed E-state index contributed by atoms with van der Waals surface area (Å²) in [6.45, 7) is 9.73. The van der Waals surface area contributed by atoms with Crippen LogP contribution in [0.4, 0.5) is 15.6 Å². The van der Waals surface area contributed by atoms with Gasteiger partial charge >= 0.3 is 6.03 Å². The molecule has 3 N–H and O–H groups in total. The third-order valence-corrected chi connectivity index (χ3v) is 15.5. The van der Waals surface area contributed by atoms with Crippen LogP contribution in [0.15, 0.2) is 109 Å². The van der Waals surface area contributed by atoms with Crippen molar-refractivity contribution in [2.45, 2.75) is 76.5 Å². The molecule has 1 aliphatic heterocycles. The first kappa shape index (κ1) is 63.8. The monoisotopic (exact) mass is 1210 g/mol. The van der Waals surface area contributed by atoms with Gasteiger partial charge in [0.1, 0.15) is 29.9 Å². The Labute approximate surface area is 507 Å². The molecule has 6 aromatic rings. The minimum absolute atomic E-state index is 0.00952. The lowest BCUT2D eigenvalue weighted by atomic mass is 10.0. The summed E-state index contributed by atoms with van der Waals surface area (Å²) in [5.41, 5.74) is 4.76. The number of nitrogens with zero attached hydrogens (tertiary/aromatic N) is 8. The molecular weight excluding hydrogens is 1130 g/mol. The van der Waals surface area contributed by atoms with E-state index < -0.39 is 12.1 Å². The van der Waals surface area contributed by atoms with E-state index in [-0.39, 0.29) is 36.6 Å². The van der Waals surface area contributed by atoms with Crippen LogP contribution in [0.25, 0.3) is 0 Å². The van der Waals surface area contributed by atoms with Crippen molar-refractivity contribution in [2.24, 2.45) is 0 Å². The molecule has 0 radical (unpaired) electrons. The highest BCUT2D eigenvalue weighted by Gasteiger charge is 2.41. The lowest BCUT2D eigenvalue weighted by Crippen LogP contribution is -2.47. The summed E-state index contributed by atoms with van der Waals surface area (Å²) in [7, 11) is 5.76. The van der Waals surface area contributed by atoms with Gasteiger partial charge in [-0.2, -0.15) is 0 Å². The van der Waals surface area contributed by atoms with Crippen molar-refractivity contribution in [1.29, 1.82) is 0 Å². The van der Waals surface area contributed by atoms with Crippen LogP contribution in [0.1, 0.15) is 66.2 Å². The molecule has 1 unspecified atom stereocenters. The number of carbonyl (C=O) groups excluding carboxylic acids is 4. The number of unbranched alkanes of at least 4 members (excludes halogenated alkanes) is 1. The lowest BCUT2D eigenvalue weighted by molar-refractivity contribution is -0.141. The Morgan fingerprint density at radius 2 is 1.39 bits per heavy atom. The zero-order valence-electron chi connectivity index (χ0n) is 49.0. The van der Waals surface area contributed by atoms with E-state index in [4.69, 9.17) is 40.0 Å². The largest absolute Gasteiger partial charge is 0.497 e. The fraction of sp³-hybridized carbons (Fsp3) is 0.468. The van der Waals surface area contributed by atoms with Gasteiger partial charge in [-0.05, 0) is 130 Å². The molecule has 2 aliphatic rings. The number of ether oxygens (including phenoxy) is 6. The van der Waals surface area contributed by atoms with Gasteiger partial charge in [-0.3, -0.25) is 19.7 Å². The number of urea groups is 1. The van der Waals surface area contributed by atoms with E-state index >= 15 is 0 Å². The molecule has 0 bridgehead atoms. The minimum atomic E-state index is -0.772. The van der Waals surface area contributed by atoms with Gasteiger partial charge in [-0.25, -0.2) is 14.5 Å². The molecule has 4 aromatic carbocycles. The second-order valence-electron chi connectivity index (χ2n) is 21.1. The van der Waals surface area contributed by atoms with E-state index in [1.807, 2.05) is 78.8 Å². The molecule has 2 fully saturated rings. The molecule has 1 saturated carbocycles. The Bertz CT molecular complexity index is 2980. The topological polar surface area (TPSA) is 216 Å². The molecule has 2 aromatic heterocycles. The Balaban J connectivity index is 0.602. The van der Waals surface area contributed by atoms with Crippen LogP contribution in [0, 0.1) is 0 Å². The molecule has 1 saturated heterocycles. The highest BCUT2D eigenvalue weighted by molar-refractivity contribution is 7.14. The molecule has 8 rings (SSSR count). The number of anilines is 2. The fourth-order valence-corrected chi connectivity index (χ4v) is 10.2. The van der Waals surface area contributed by atoms with Gasteiger partial charge in [0, 0.05) is 80.4 Å². The summed E-state index contributed by atoms with van der Waals surface area (Å²) < 4.78 is 36.2. The van der Waals surface area contributed by atoms with Crippen molar-refractivity contribution in [3.63, 3.8) is 0 Å². The van der Waals surface area contributed by atoms with E-state index in [0.717, 1.165) is 85.7 Å². The number of carbonyl (C=O) groups is 4. The smallest absolute Gasteiger partial charge is 0.325 e. The molecule has 0 spiro atoms. The van der Waals surface area contributed by atoms with Gasteiger partial charge in [0.05, 0.1) is 77.7 Å². The maximum absolute atomic E-state index is 14.0. The predicted octanol–water partition coefficient (Wildman–Crippen LogP) is 7.80. The van der Waals surface area contributed by atoms with Gasteiger partial charge in [0.2, 0.25) is 17.7 Å². The number of amides is 5. The van der Waals surface area contributed by atoms with Crippen molar-refractivity contribution in [1.82, 2.24) is 44.9 Å². The Kier molecular flexibility index (Phi) is 25.6. The summed E-state index contributed by atoms with van der Waals surface area (Å²) in [5, 5.41) is 19.8. The first-order chi connectivity index (χ1) is 41.4. The highest BCUT2D eigenvalue weighted by atomic mass is 35.5. The second kappa shape index (κ2) is 34.1. The number of likely N-dealkylation sites (N-methyl/N-ethyl adjacent to an activating group) is 2. The summed E-state index contributed by atoms with van der Waals surface area (Å²) >= 11 is 7.51. The quantitative estimate of drug-likeness (QED) is 0.0320. The predicted molar refractivity (Wildman–Crippen MR) is 327 cm³/mol. The maximum Gasteiger partial charge on any atom is 0.325 e. The highest BCUT2D eigenvalue weighted by Crippen LogP contribution is 2.36. The lowest BCUT2D eigenvalue weighted by Gasteiger charge is -2.32. The molecule has 21 nitrogen and oxygen atoms in total. The van der Waals surface area contributed by atoms with Crippen molar-refractivity contribution in [3.8, 4) is 17.2 Å². The van der Waals surface area contributed by atoms with Crippen LogP contribution in [-0.4, -0.2) is 183 Å². The van der Waals surface area contributed by atoms with Crippen LogP contribution >= 0.6 is 22.9 Å². The zero-order valence-corrected chi connectivity index (χ0v) is 50.5. The van der Waals surface area contributed by atoms with Crippen LogP contribution in [0.5, 0.6) is 17.2 Å². The number of benzene rings is 4. The van der Waals surface area contributed by atoms with Crippen molar-refractivity contribution in [3.05, 3.63) is 142 Å². The standard InChI is InChI=1S/C62H80ClN11O10S/c1-70(27-4-5-34-83-55-21-6-46(7-22-55)10-25-57(75)74(53-17-18-53)59(48-11-13-49(63)14-12-48)60(77)64-43-47-8-19-54(79-3)20-9-47)32-36-81-39-38-80-35-26-51-44-73(69-68-51)33-37-82-40-41-84-56-23-15-50(16-24-56)65-61(78)67-62-66-52(45-85-62)42-58(76)72-30-28-71(2)29-31-72/h6-9,11-16,19-24,44-45,53,59H,4-5,10,17-18,25-43H2,1-3H3,(H,64,77)(H2,65,66,67,78). The molecule has 456 valence electrons. The van der Waals surface area contributed by atoms with E-state index in [9.17, 15) is 19.2 Å². The number of piperazine rings is 1. The van der Waals surface area contributed by atoms with Gasteiger partial charge < -0.3 is 58.7 Å². The minimum Gasteiger partial charge on any atom is -0.497 e. The van der Waals surface area contributed by atoms with Crippen LogP contribution in [-0.2, 0) is 60.9 Å². The Hall–Kier alpha value is -7.18.